The van der Waals surface area contributed by atoms with E-state index in [1.165, 1.54) is 5.56 Å². The van der Waals surface area contributed by atoms with E-state index in [1.807, 2.05) is 42.7 Å². The third-order valence-corrected chi connectivity index (χ3v) is 6.74. The molecule has 3 aromatic heterocycles. The maximum absolute atomic E-state index is 5.84. The van der Waals surface area contributed by atoms with Gasteiger partial charge in [0.05, 0.1) is 29.7 Å². The topological polar surface area (TPSA) is 46.0 Å². The number of pyridine rings is 2. The van der Waals surface area contributed by atoms with Gasteiger partial charge in [-0.25, -0.2) is 0 Å². The highest BCUT2D eigenvalue weighted by atomic mass is 79.9. The first kappa shape index (κ1) is 20.8. The van der Waals surface area contributed by atoms with Crippen molar-refractivity contribution in [3.8, 4) is 5.69 Å². The standard InChI is InChI=1S/C25H22BrN5S/c1-16-14-21(17(2)30(16)20-6-5-12-27-15-20)24-23(22-7-3-4-13-28-22)29-25(32)31(24)19-10-8-18(26)9-11-19/h3-15,23-24H,1-2H3,(H,29,32)/t23-,24-/m1/s1. The average molecular weight is 504 g/mol. The van der Waals surface area contributed by atoms with Crippen LogP contribution in [-0.2, 0) is 0 Å². The molecule has 0 unspecified atom stereocenters. The summed E-state index contributed by atoms with van der Waals surface area (Å²) in [5.74, 6) is 0. The minimum atomic E-state index is -0.0739. The normalized spacial score (nSPS) is 18.1. The summed E-state index contributed by atoms with van der Waals surface area (Å²) in [4.78, 5) is 11.2. The van der Waals surface area contributed by atoms with Crippen LogP contribution in [0.1, 0.15) is 34.7 Å². The lowest BCUT2D eigenvalue weighted by Crippen LogP contribution is -2.29. The van der Waals surface area contributed by atoms with Crippen LogP contribution in [0.3, 0.4) is 0 Å². The van der Waals surface area contributed by atoms with Gasteiger partial charge in [-0.05, 0) is 86.2 Å². The van der Waals surface area contributed by atoms with Gasteiger partial charge in [0.1, 0.15) is 0 Å². The number of rotatable bonds is 4. The number of nitrogens with one attached hydrogen (secondary N) is 1. The van der Waals surface area contributed by atoms with Gasteiger partial charge >= 0.3 is 0 Å². The van der Waals surface area contributed by atoms with Gasteiger partial charge in [0.15, 0.2) is 5.11 Å². The van der Waals surface area contributed by atoms with Gasteiger partial charge in [0.2, 0.25) is 0 Å². The van der Waals surface area contributed by atoms with Crippen molar-refractivity contribution in [2.24, 2.45) is 0 Å². The Labute approximate surface area is 201 Å². The van der Waals surface area contributed by atoms with Crippen LogP contribution in [0.2, 0.25) is 0 Å². The lowest BCUT2D eigenvalue weighted by Gasteiger charge is -2.28. The molecule has 0 amide bonds. The van der Waals surface area contributed by atoms with Crippen LogP contribution < -0.4 is 10.2 Å². The molecule has 1 aliphatic heterocycles. The van der Waals surface area contributed by atoms with Crippen molar-refractivity contribution in [2.75, 3.05) is 4.90 Å². The van der Waals surface area contributed by atoms with Gasteiger partial charge in [-0.3, -0.25) is 9.97 Å². The minimum Gasteiger partial charge on any atom is -0.351 e. The van der Waals surface area contributed by atoms with E-state index < -0.39 is 0 Å². The Kier molecular flexibility index (Phi) is 5.53. The third kappa shape index (κ3) is 3.61. The Morgan fingerprint density at radius 1 is 0.969 bits per heavy atom. The number of hydrogen-bond donors (Lipinski definition) is 1. The van der Waals surface area contributed by atoms with E-state index in [4.69, 9.17) is 12.2 Å². The summed E-state index contributed by atoms with van der Waals surface area (Å²) in [6, 6.07) is 20.5. The van der Waals surface area contributed by atoms with Gasteiger partial charge in [0, 0.05) is 33.9 Å². The molecule has 1 N–H and O–H groups in total. The zero-order valence-corrected chi connectivity index (χ0v) is 20.1. The maximum atomic E-state index is 5.84. The van der Waals surface area contributed by atoms with Crippen molar-refractivity contribution in [3.63, 3.8) is 0 Å². The molecule has 1 saturated heterocycles. The summed E-state index contributed by atoms with van der Waals surface area (Å²) in [6.45, 7) is 4.29. The number of hydrogen-bond acceptors (Lipinski definition) is 3. The van der Waals surface area contributed by atoms with Gasteiger partial charge in [0.25, 0.3) is 0 Å². The zero-order valence-electron chi connectivity index (χ0n) is 17.7. The fourth-order valence-electron chi connectivity index (χ4n) is 4.52. The fourth-order valence-corrected chi connectivity index (χ4v) is 5.13. The summed E-state index contributed by atoms with van der Waals surface area (Å²) >= 11 is 9.39. The van der Waals surface area contributed by atoms with Crippen molar-refractivity contribution < 1.29 is 0 Å². The van der Waals surface area contributed by atoms with Crippen LogP contribution in [0.15, 0.2) is 83.7 Å². The highest BCUT2D eigenvalue weighted by Gasteiger charge is 2.42. The van der Waals surface area contributed by atoms with Gasteiger partial charge < -0.3 is 14.8 Å². The number of halogens is 1. The predicted molar refractivity (Wildman–Crippen MR) is 135 cm³/mol. The first-order valence-corrected chi connectivity index (χ1v) is 11.6. The van der Waals surface area contributed by atoms with Crippen LogP contribution >= 0.6 is 28.1 Å². The molecule has 0 aliphatic carbocycles. The largest absolute Gasteiger partial charge is 0.351 e. The quantitative estimate of drug-likeness (QED) is 0.355. The number of anilines is 1. The predicted octanol–water partition coefficient (Wildman–Crippen LogP) is 5.82. The van der Waals surface area contributed by atoms with Crippen molar-refractivity contribution in [2.45, 2.75) is 25.9 Å². The van der Waals surface area contributed by atoms with E-state index in [2.05, 4.69) is 84.9 Å². The van der Waals surface area contributed by atoms with Crippen LogP contribution in [-0.4, -0.2) is 19.6 Å². The Bertz CT molecular complexity index is 1260. The fraction of sp³-hybridized carbons (Fsp3) is 0.160. The molecule has 5 nitrogen and oxygen atoms in total. The first-order valence-electron chi connectivity index (χ1n) is 10.4. The van der Waals surface area contributed by atoms with E-state index in [9.17, 15) is 0 Å². The summed E-state index contributed by atoms with van der Waals surface area (Å²) in [6.07, 6.45) is 5.52. The second-order valence-corrected chi connectivity index (χ2v) is 9.15. The second-order valence-electron chi connectivity index (χ2n) is 7.85. The molecule has 5 rings (SSSR count). The van der Waals surface area contributed by atoms with E-state index in [0.29, 0.717) is 5.11 Å². The molecule has 0 bridgehead atoms. The highest BCUT2D eigenvalue weighted by molar-refractivity contribution is 9.10. The minimum absolute atomic E-state index is 0.0461. The molecule has 0 spiro atoms. The summed E-state index contributed by atoms with van der Waals surface area (Å²) in [7, 11) is 0. The molecular weight excluding hydrogens is 482 g/mol. The van der Waals surface area contributed by atoms with Gasteiger partial charge in [-0.1, -0.05) is 22.0 Å². The van der Waals surface area contributed by atoms with Crippen LogP contribution in [0, 0.1) is 13.8 Å². The molecule has 1 aromatic carbocycles. The Hall–Kier alpha value is -3.03. The van der Waals surface area contributed by atoms with Gasteiger partial charge in [-0.2, -0.15) is 0 Å². The molecule has 2 atom stereocenters. The van der Waals surface area contributed by atoms with E-state index in [1.54, 1.807) is 6.20 Å². The zero-order chi connectivity index (χ0) is 22.2. The number of thiocarbonyl (C=S) groups is 1. The van der Waals surface area contributed by atoms with Crippen molar-refractivity contribution in [1.82, 2.24) is 19.9 Å². The molecular formula is C25H22BrN5S. The van der Waals surface area contributed by atoms with Crippen molar-refractivity contribution in [1.29, 1.82) is 0 Å². The number of aryl methyl sites for hydroxylation is 1. The summed E-state index contributed by atoms with van der Waals surface area (Å²) in [5, 5.41) is 4.23. The Morgan fingerprint density at radius 3 is 2.47 bits per heavy atom. The molecule has 1 aliphatic rings. The monoisotopic (exact) mass is 503 g/mol. The van der Waals surface area contributed by atoms with Crippen molar-refractivity contribution in [3.05, 3.63) is 106 Å². The van der Waals surface area contributed by atoms with Crippen LogP contribution in [0.5, 0.6) is 0 Å². The molecule has 0 saturated carbocycles. The second kappa shape index (κ2) is 8.48. The third-order valence-electron chi connectivity index (χ3n) is 5.90. The summed E-state index contributed by atoms with van der Waals surface area (Å²) < 4.78 is 3.28. The number of aromatic nitrogens is 3. The van der Waals surface area contributed by atoms with Crippen LogP contribution in [0.25, 0.3) is 5.69 Å². The molecule has 7 heteroatoms. The van der Waals surface area contributed by atoms with Crippen molar-refractivity contribution >= 4 is 38.9 Å². The van der Waals surface area contributed by atoms with Gasteiger partial charge in [-0.15, -0.1) is 0 Å². The van der Waals surface area contributed by atoms with Crippen LogP contribution in [0.4, 0.5) is 5.69 Å². The molecule has 1 fully saturated rings. The molecule has 32 heavy (non-hydrogen) atoms. The summed E-state index contributed by atoms with van der Waals surface area (Å²) in [5.41, 5.74) is 6.57. The van der Waals surface area contributed by atoms with E-state index in [0.717, 1.165) is 32.9 Å². The first-order chi connectivity index (χ1) is 15.5. The molecule has 160 valence electrons. The molecule has 4 heterocycles. The Morgan fingerprint density at radius 2 is 1.78 bits per heavy atom. The SMILES string of the molecule is Cc1cc([C@@H]2[C@@H](c3ccccn3)NC(=S)N2c2ccc(Br)cc2)c(C)n1-c1cccnc1. The number of nitrogens with zero attached hydrogens (tertiary/aromatic N) is 4. The maximum Gasteiger partial charge on any atom is 0.174 e. The lowest BCUT2D eigenvalue weighted by atomic mass is 9.96. The lowest BCUT2D eigenvalue weighted by molar-refractivity contribution is 0.565. The number of benzene rings is 1. The average Bonchev–Trinajstić information content (AvgIpc) is 3.31. The molecule has 0 radical (unpaired) electrons. The van der Waals surface area contributed by atoms with E-state index in [-0.39, 0.29) is 12.1 Å². The van der Waals surface area contributed by atoms with E-state index >= 15 is 0 Å². The smallest absolute Gasteiger partial charge is 0.174 e. The Balaban J connectivity index is 1.68. The molecule has 4 aromatic rings. The highest BCUT2D eigenvalue weighted by Crippen LogP contribution is 2.43.